The zero-order valence-electron chi connectivity index (χ0n) is 14.9. The Morgan fingerprint density at radius 1 is 1.25 bits per heavy atom. The molecule has 0 spiro atoms. The Balaban J connectivity index is 2.46. The van der Waals surface area contributed by atoms with E-state index in [-0.39, 0.29) is 11.4 Å². The van der Waals surface area contributed by atoms with Crippen molar-refractivity contribution in [1.82, 2.24) is 9.88 Å². The maximum Gasteiger partial charge on any atom is 0.290 e. The fourth-order valence-electron chi connectivity index (χ4n) is 2.94. The van der Waals surface area contributed by atoms with Crippen LogP contribution in [0.15, 0.2) is 35.9 Å². The number of hydrogen-bond acceptors (Lipinski definition) is 4. The smallest absolute Gasteiger partial charge is 0.290 e. The first-order valence-electron chi connectivity index (χ1n) is 8.47. The van der Waals surface area contributed by atoms with Crippen molar-refractivity contribution in [2.45, 2.75) is 53.0 Å². The van der Waals surface area contributed by atoms with Gasteiger partial charge in [0.2, 0.25) is 0 Å². The number of carbonyl (C=O) groups excluding carboxylic acids is 2. The maximum atomic E-state index is 12.9. The summed E-state index contributed by atoms with van der Waals surface area (Å²) in [6.45, 7) is 8.00. The normalized spacial score (nSPS) is 18.4. The standard InChI is InChI=1S/C19H26N2O3/c1-5-6-7-12-21-15(13-8-10-20-11-9-13)14(16(22)18(21)24)17(23)19(2,3)4/h8-11,15,22H,5-7,12H2,1-4H3. The summed E-state index contributed by atoms with van der Waals surface area (Å²) < 4.78 is 0. The fraction of sp³-hybridized carbons (Fsp3) is 0.526. The number of hydrogen-bond donors (Lipinski definition) is 1. The minimum atomic E-state index is -0.672. The van der Waals surface area contributed by atoms with Crippen LogP contribution < -0.4 is 0 Å². The third kappa shape index (κ3) is 3.50. The average molecular weight is 330 g/mol. The van der Waals surface area contributed by atoms with E-state index in [1.807, 2.05) is 0 Å². The number of Topliss-reactive ketones (excluding diaryl/α,β-unsaturated/α-hetero) is 1. The molecule has 5 heteroatoms. The molecule has 2 rings (SSSR count). The molecule has 0 aromatic carbocycles. The fourth-order valence-corrected chi connectivity index (χ4v) is 2.94. The number of pyridine rings is 1. The monoisotopic (exact) mass is 330 g/mol. The largest absolute Gasteiger partial charge is 0.503 e. The lowest BCUT2D eigenvalue weighted by Crippen LogP contribution is -2.33. The van der Waals surface area contributed by atoms with E-state index in [1.165, 1.54) is 0 Å². The lowest BCUT2D eigenvalue weighted by molar-refractivity contribution is -0.129. The van der Waals surface area contributed by atoms with Crippen molar-refractivity contribution in [3.05, 3.63) is 41.4 Å². The van der Waals surface area contributed by atoms with Crippen molar-refractivity contribution < 1.29 is 14.7 Å². The van der Waals surface area contributed by atoms with Gasteiger partial charge in [-0.05, 0) is 24.1 Å². The Morgan fingerprint density at radius 3 is 2.42 bits per heavy atom. The van der Waals surface area contributed by atoms with Crippen LogP contribution in [0.3, 0.4) is 0 Å². The predicted octanol–water partition coefficient (Wildman–Crippen LogP) is 3.58. The highest BCUT2D eigenvalue weighted by Gasteiger charge is 2.45. The van der Waals surface area contributed by atoms with Crippen LogP contribution in [0.5, 0.6) is 0 Å². The molecule has 1 aromatic rings. The van der Waals surface area contributed by atoms with E-state index < -0.39 is 23.1 Å². The molecule has 0 aliphatic carbocycles. The highest BCUT2D eigenvalue weighted by atomic mass is 16.3. The first-order valence-corrected chi connectivity index (χ1v) is 8.47. The number of aliphatic hydroxyl groups is 1. The molecule has 1 amide bonds. The number of rotatable bonds is 6. The topological polar surface area (TPSA) is 70.5 Å². The van der Waals surface area contributed by atoms with Crippen molar-refractivity contribution in [2.24, 2.45) is 5.41 Å². The summed E-state index contributed by atoms with van der Waals surface area (Å²) in [6, 6.07) is 3.04. The minimum absolute atomic E-state index is 0.201. The van der Waals surface area contributed by atoms with Gasteiger partial charge in [-0.2, -0.15) is 0 Å². The van der Waals surface area contributed by atoms with Crippen LogP contribution in [-0.2, 0) is 9.59 Å². The number of carbonyl (C=O) groups is 2. The van der Waals surface area contributed by atoms with E-state index in [9.17, 15) is 14.7 Å². The molecule has 0 radical (unpaired) electrons. The zero-order valence-corrected chi connectivity index (χ0v) is 14.9. The molecular formula is C19H26N2O3. The van der Waals surface area contributed by atoms with E-state index in [4.69, 9.17) is 0 Å². The van der Waals surface area contributed by atoms with Crippen LogP contribution in [-0.4, -0.2) is 33.2 Å². The molecule has 130 valence electrons. The van der Waals surface area contributed by atoms with Crippen LogP contribution in [0.4, 0.5) is 0 Å². The third-order valence-corrected chi connectivity index (χ3v) is 4.25. The Labute approximate surface area is 143 Å². The molecule has 0 saturated carbocycles. The molecule has 24 heavy (non-hydrogen) atoms. The quantitative estimate of drug-likeness (QED) is 0.809. The molecule has 5 nitrogen and oxygen atoms in total. The van der Waals surface area contributed by atoms with Gasteiger partial charge in [-0.25, -0.2) is 0 Å². The van der Waals surface area contributed by atoms with E-state index >= 15 is 0 Å². The first kappa shape index (κ1) is 18.2. The Bertz CT molecular complexity index is 644. The molecule has 0 bridgehead atoms. The average Bonchev–Trinajstić information content (AvgIpc) is 2.79. The molecule has 0 fully saturated rings. The molecule has 0 saturated heterocycles. The van der Waals surface area contributed by atoms with Crippen molar-refractivity contribution in [3.8, 4) is 0 Å². The molecule has 1 unspecified atom stereocenters. The van der Waals surface area contributed by atoms with Crippen LogP contribution in [0, 0.1) is 5.41 Å². The highest BCUT2D eigenvalue weighted by molar-refractivity contribution is 6.10. The number of ketones is 1. The van der Waals surface area contributed by atoms with Gasteiger partial charge in [0.15, 0.2) is 11.5 Å². The van der Waals surface area contributed by atoms with Gasteiger partial charge in [-0.3, -0.25) is 14.6 Å². The lowest BCUT2D eigenvalue weighted by atomic mass is 9.82. The molecule has 1 aliphatic heterocycles. The van der Waals surface area contributed by atoms with Crippen molar-refractivity contribution >= 4 is 11.7 Å². The highest BCUT2D eigenvalue weighted by Crippen LogP contribution is 2.40. The SMILES string of the molecule is CCCCCN1C(=O)C(O)=C(C(=O)C(C)(C)C)C1c1ccncc1. The summed E-state index contributed by atoms with van der Waals surface area (Å²) in [4.78, 5) is 31.1. The summed E-state index contributed by atoms with van der Waals surface area (Å²) in [6.07, 6.45) is 6.15. The second-order valence-corrected chi connectivity index (χ2v) is 7.23. The summed E-state index contributed by atoms with van der Waals surface area (Å²) in [5, 5.41) is 10.4. The molecular weight excluding hydrogens is 304 g/mol. The van der Waals surface area contributed by atoms with E-state index in [2.05, 4.69) is 11.9 Å². The van der Waals surface area contributed by atoms with Crippen molar-refractivity contribution in [2.75, 3.05) is 6.54 Å². The Kier molecular flexibility index (Phi) is 5.42. The number of aliphatic hydroxyl groups excluding tert-OH is 1. The molecule has 1 N–H and O–H groups in total. The third-order valence-electron chi connectivity index (χ3n) is 4.25. The van der Waals surface area contributed by atoms with Gasteiger partial charge >= 0.3 is 0 Å². The molecule has 1 aliphatic rings. The van der Waals surface area contributed by atoms with E-state index in [0.717, 1.165) is 24.8 Å². The van der Waals surface area contributed by atoms with Gasteiger partial charge < -0.3 is 10.0 Å². The first-order chi connectivity index (χ1) is 11.3. The number of nitrogens with zero attached hydrogens (tertiary/aromatic N) is 2. The van der Waals surface area contributed by atoms with Crippen molar-refractivity contribution in [3.63, 3.8) is 0 Å². The lowest BCUT2D eigenvalue weighted by Gasteiger charge is -2.28. The molecule has 1 aromatic heterocycles. The summed E-state index contributed by atoms with van der Waals surface area (Å²) >= 11 is 0. The summed E-state index contributed by atoms with van der Waals surface area (Å²) in [5.74, 6) is -1.07. The van der Waals surface area contributed by atoms with Crippen LogP contribution in [0.25, 0.3) is 0 Å². The maximum absolute atomic E-state index is 12.9. The predicted molar refractivity (Wildman–Crippen MR) is 92.3 cm³/mol. The van der Waals surface area contributed by atoms with Crippen LogP contribution in [0.1, 0.15) is 58.6 Å². The Morgan fingerprint density at radius 2 is 1.88 bits per heavy atom. The summed E-state index contributed by atoms with van der Waals surface area (Å²) in [7, 11) is 0. The number of amides is 1. The minimum Gasteiger partial charge on any atom is -0.503 e. The zero-order chi connectivity index (χ0) is 17.9. The van der Waals surface area contributed by atoms with Crippen LogP contribution >= 0.6 is 0 Å². The van der Waals surface area contributed by atoms with Gasteiger partial charge in [-0.1, -0.05) is 40.5 Å². The molecule has 2 heterocycles. The number of unbranched alkanes of at least 4 members (excludes halogenated alkanes) is 2. The van der Waals surface area contributed by atoms with Gasteiger partial charge in [0, 0.05) is 24.4 Å². The van der Waals surface area contributed by atoms with E-state index in [0.29, 0.717) is 6.54 Å². The van der Waals surface area contributed by atoms with E-state index in [1.54, 1.807) is 50.2 Å². The van der Waals surface area contributed by atoms with Gasteiger partial charge in [-0.15, -0.1) is 0 Å². The van der Waals surface area contributed by atoms with Gasteiger partial charge in [0.25, 0.3) is 5.91 Å². The summed E-state index contributed by atoms with van der Waals surface area (Å²) in [5.41, 5.74) is 0.329. The second-order valence-electron chi connectivity index (χ2n) is 7.23. The van der Waals surface area contributed by atoms with Gasteiger partial charge in [0.05, 0.1) is 11.6 Å². The second kappa shape index (κ2) is 7.16. The molecule has 1 atom stereocenters. The van der Waals surface area contributed by atoms with Gasteiger partial charge in [0.1, 0.15) is 0 Å². The van der Waals surface area contributed by atoms with Crippen LogP contribution in [0.2, 0.25) is 0 Å². The van der Waals surface area contributed by atoms with Crippen molar-refractivity contribution in [1.29, 1.82) is 0 Å². The Hall–Kier alpha value is -2.17. The number of aromatic nitrogens is 1.